The van der Waals surface area contributed by atoms with Gasteiger partial charge in [-0.15, -0.1) is 11.8 Å². The van der Waals surface area contributed by atoms with Gasteiger partial charge in [0.05, 0.1) is 35.8 Å². The Bertz CT molecular complexity index is 853. The summed E-state index contributed by atoms with van der Waals surface area (Å²) in [6.07, 6.45) is 2.80. The van der Waals surface area contributed by atoms with Gasteiger partial charge < -0.3 is 20.1 Å². The second-order valence-electron chi connectivity index (χ2n) is 13.3. The lowest BCUT2D eigenvalue weighted by Crippen LogP contribution is -2.60. The fraction of sp³-hybridized carbons (Fsp3) is 0.889. The standard InChI is InChI=1S/C27H46N2O5S/c1-10-34-23(33)19-18-22(32)29(17(14-30)13-16(2)3)20(27(18)12-11-26(19,9)35-27)21(31)28-25(7,8)15-24(4,5)6/h16-20,30H,10-15H2,1-9H3,(H,28,31)/t17-,18+,19+,20?,26-,27?/m1/s1. The number of aliphatic hydroxyl groups excluding tert-OH is 1. The number of carbonyl (C=O) groups excluding carboxylic acids is 3. The molecule has 2 bridgehead atoms. The maximum Gasteiger partial charge on any atom is 0.311 e. The average molecular weight is 511 g/mol. The first-order chi connectivity index (χ1) is 16.0. The van der Waals surface area contributed by atoms with Crippen molar-refractivity contribution in [3.63, 3.8) is 0 Å². The van der Waals surface area contributed by atoms with Crippen LogP contribution in [0.3, 0.4) is 0 Å². The molecule has 200 valence electrons. The second kappa shape index (κ2) is 9.55. The van der Waals surface area contributed by atoms with Gasteiger partial charge in [0.25, 0.3) is 0 Å². The molecule has 35 heavy (non-hydrogen) atoms. The quantitative estimate of drug-likeness (QED) is 0.459. The zero-order chi connectivity index (χ0) is 26.6. The third-order valence-electron chi connectivity index (χ3n) is 7.78. The Morgan fingerprint density at radius 3 is 2.37 bits per heavy atom. The van der Waals surface area contributed by atoms with Crippen LogP contribution < -0.4 is 5.32 Å². The first-order valence-electron chi connectivity index (χ1n) is 13.1. The molecule has 0 aromatic rings. The summed E-state index contributed by atoms with van der Waals surface area (Å²) in [4.78, 5) is 43.1. The zero-order valence-corrected chi connectivity index (χ0v) is 23.9. The number of ether oxygens (including phenoxy) is 1. The minimum absolute atomic E-state index is 0.0110. The van der Waals surface area contributed by atoms with E-state index in [9.17, 15) is 19.5 Å². The van der Waals surface area contributed by atoms with Gasteiger partial charge in [0.2, 0.25) is 11.8 Å². The SMILES string of the molecule is CCOC(=O)[C@@H]1[C@H]2C(=O)N([C@@H](CO)CC(C)C)C(C(=O)NC(C)(C)CC(C)(C)C)C23CC[C@@]1(C)S3. The molecule has 2 N–H and O–H groups in total. The highest BCUT2D eigenvalue weighted by atomic mass is 32.2. The number of fused-ring (bicyclic) bond motifs is 1. The molecule has 0 aromatic carbocycles. The summed E-state index contributed by atoms with van der Waals surface area (Å²) in [5, 5.41) is 13.6. The monoisotopic (exact) mass is 510 g/mol. The molecule has 1 spiro atoms. The fourth-order valence-corrected chi connectivity index (χ4v) is 9.57. The molecule has 0 aliphatic carbocycles. The Kier molecular flexibility index (Phi) is 7.72. The Hall–Kier alpha value is -1.28. The Labute approximate surface area is 215 Å². The number of hydrogen-bond acceptors (Lipinski definition) is 6. The molecular weight excluding hydrogens is 464 g/mol. The average Bonchev–Trinajstić information content (AvgIpc) is 3.24. The molecule has 3 aliphatic rings. The molecule has 3 rings (SSSR count). The summed E-state index contributed by atoms with van der Waals surface area (Å²) in [5.74, 6) is -1.68. The molecule has 8 heteroatoms. The highest BCUT2D eigenvalue weighted by molar-refractivity contribution is 8.02. The molecule has 0 radical (unpaired) electrons. The van der Waals surface area contributed by atoms with E-state index < -0.39 is 39.0 Å². The van der Waals surface area contributed by atoms with Crippen LogP contribution in [0.5, 0.6) is 0 Å². The van der Waals surface area contributed by atoms with Gasteiger partial charge >= 0.3 is 5.97 Å². The fourth-order valence-electron chi connectivity index (χ4n) is 7.24. The lowest BCUT2D eigenvalue weighted by atomic mass is 9.66. The van der Waals surface area contributed by atoms with Crippen molar-refractivity contribution in [3.8, 4) is 0 Å². The molecular formula is C27H46N2O5S. The number of likely N-dealkylation sites (tertiary alicyclic amines) is 1. The minimum atomic E-state index is -0.735. The lowest BCUT2D eigenvalue weighted by molar-refractivity contribution is -0.155. The maximum absolute atomic E-state index is 14.1. The summed E-state index contributed by atoms with van der Waals surface area (Å²) >= 11 is 1.64. The highest BCUT2D eigenvalue weighted by Gasteiger charge is 2.78. The van der Waals surface area contributed by atoms with Gasteiger partial charge in [-0.1, -0.05) is 34.6 Å². The van der Waals surface area contributed by atoms with E-state index in [0.717, 1.165) is 12.8 Å². The molecule has 3 heterocycles. The van der Waals surface area contributed by atoms with Crippen LogP contribution in [0.1, 0.15) is 88.0 Å². The molecule has 2 amide bonds. The first-order valence-corrected chi connectivity index (χ1v) is 14.0. The van der Waals surface area contributed by atoms with Gasteiger partial charge in [0.1, 0.15) is 6.04 Å². The van der Waals surface area contributed by atoms with Gasteiger partial charge in [-0.3, -0.25) is 14.4 Å². The molecule has 7 nitrogen and oxygen atoms in total. The van der Waals surface area contributed by atoms with Crippen molar-refractivity contribution in [2.45, 2.75) is 115 Å². The van der Waals surface area contributed by atoms with Crippen molar-refractivity contribution in [1.82, 2.24) is 10.2 Å². The Balaban J connectivity index is 2.07. The largest absolute Gasteiger partial charge is 0.466 e. The van der Waals surface area contributed by atoms with Crippen LogP contribution in [0, 0.1) is 23.2 Å². The topological polar surface area (TPSA) is 95.9 Å². The van der Waals surface area contributed by atoms with E-state index in [1.54, 1.807) is 23.6 Å². The number of nitrogens with zero attached hydrogens (tertiary/aromatic N) is 1. The van der Waals surface area contributed by atoms with Gasteiger partial charge in [-0.25, -0.2) is 0 Å². The molecule has 3 aliphatic heterocycles. The number of carbonyl (C=O) groups is 3. The number of aliphatic hydroxyl groups is 1. The van der Waals surface area contributed by atoms with Crippen molar-refractivity contribution in [2.75, 3.05) is 13.2 Å². The molecule has 3 fully saturated rings. The molecule has 0 saturated carbocycles. The smallest absolute Gasteiger partial charge is 0.311 e. The molecule has 0 aromatic heterocycles. The molecule has 2 unspecified atom stereocenters. The summed E-state index contributed by atoms with van der Waals surface area (Å²) in [6, 6.07) is -1.21. The van der Waals surface area contributed by atoms with Crippen molar-refractivity contribution in [1.29, 1.82) is 0 Å². The first kappa shape index (κ1) is 28.3. The van der Waals surface area contributed by atoms with Crippen LogP contribution in [-0.2, 0) is 19.1 Å². The summed E-state index contributed by atoms with van der Waals surface area (Å²) < 4.78 is 4.30. The third kappa shape index (κ3) is 5.11. The van der Waals surface area contributed by atoms with Crippen molar-refractivity contribution >= 4 is 29.5 Å². The van der Waals surface area contributed by atoms with E-state index >= 15 is 0 Å². The van der Waals surface area contributed by atoms with E-state index in [0.29, 0.717) is 12.8 Å². The van der Waals surface area contributed by atoms with Crippen molar-refractivity contribution in [3.05, 3.63) is 0 Å². The summed E-state index contributed by atoms with van der Waals surface area (Å²) in [5.41, 5.74) is -0.464. The lowest BCUT2D eigenvalue weighted by Gasteiger charge is -2.40. The normalized spacial score (nSPS) is 33.3. The predicted molar refractivity (Wildman–Crippen MR) is 139 cm³/mol. The number of rotatable bonds is 9. The molecule has 3 saturated heterocycles. The Morgan fingerprint density at radius 1 is 1.23 bits per heavy atom. The van der Waals surface area contributed by atoms with Crippen LogP contribution in [0.2, 0.25) is 0 Å². The van der Waals surface area contributed by atoms with E-state index in [1.807, 2.05) is 34.6 Å². The van der Waals surface area contributed by atoms with Crippen molar-refractivity contribution in [2.24, 2.45) is 23.2 Å². The van der Waals surface area contributed by atoms with Crippen molar-refractivity contribution < 1.29 is 24.2 Å². The highest BCUT2D eigenvalue weighted by Crippen LogP contribution is 2.71. The van der Waals surface area contributed by atoms with Gasteiger partial charge in [0.15, 0.2) is 0 Å². The van der Waals surface area contributed by atoms with Gasteiger partial charge in [-0.05, 0) is 64.7 Å². The van der Waals surface area contributed by atoms with Crippen LogP contribution in [0.4, 0.5) is 0 Å². The number of thioether (sulfide) groups is 1. The molecule has 6 atom stereocenters. The van der Waals surface area contributed by atoms with Crippen LogP contribution in [-0.4, -0.2) is 68.1 Å². The van der Waals surface area contributed by atoms with Crippen LogP contribution in [0.25, 0.3) is 0 Å². The number of amides is 2. The van der Waals surface area contributed by atoms with Crippen LogP contribution in [0.15, 0.2) is 0 Å². The Morgan fingerprint density at radius 2 is 1.86 bits per heavy atom. The maximum atomic E-state index is 14.1. The summed E-state index contributed by atoms with van der Waals surface area (Å²) in [6.45, 7) is 18.4. The number of hydrogen-bond donors (Lipinski definition) is 2. The van der Waals surface area contributed by atoms with Gasteiger partial charge in [0, 0.05) is 10.3 Å². The van der Waals surface area contributed by atoms with E-state index in [1.165, 1.54) is 0 Å². The second-order valence-corrected chi connectivity index (χ2v) is 15.2. The van der Waals surface area contributed by atoms with Gasteiger partial charge in [-0.2, -0.15) is 0 Å². The third-order valence-corrected chi connectivity index (χ3v) is 9.77. The van der Waals surface area contributed by atoms with E-state index in [4.69, 9.17) is 4.74 Å². The van der Waals surface area contributed by atoms with E-state index in [-0.39, 0.29) is 42.3 Å². The predicted octanol–water partition coefficient (Wildman–Crippen LogP) is 3.77. The minimum Gasteiger partial charge on any atom is -0.466 e. The zero-order valence-electron chi connectivity index (χ0n) is 23.1. The van der Waals surface area contributed by atoms with Crippen LogP contribution >= 0.6 is 11.8 Å². The number of nitrogens with one attached hydrogen (secondary N) is 1. The van der Waals surface area contributed by atoms with E-state index in [2.05, 4.69) is 26.1 Å². The number of esters is 1. The summed E-state index contributed by atoms with van der Waals surface area (Å²) in [7, 11) is 0.